The number of nitrogens with one attached hydrogen (secondary N) is 1. The summed E-state index contributed by atoms with van der Waals surface area (Å²) in [6.07, 6.45) is 6.84. The molecular weight excluding hydrogens is 376 g/mol. The van der Waals surface area contributed by atoms with Crippen LogP contribution in [0.5, 0.6) is 0 Å². The van der Waals surface area contributed by atoms with Crippen molar-refractivity contribution in [2.45, 2.75) is 65.3 Å². The van der Waals surface area contributed by atoms with Gasteiger partial charge in [0.2, 0.25) is 11.8 Å². The summed E-state index contributed by atoms with van der Waals surface area (Å²) in [6, 6.07) is 9.91. The summed E-state index contributed by atoms with van der Waals surface area (Å²) in [4.78, 5) is 26.9. The molecule has 1 saturated carbocycles. The second kappa shape index (κ2) is 9.07. The Morgan fingerprint density at radius 3 is 2.73 bits per heavy atom. The van der Waals surface area contributed by atoms with Gasteiger partial charge in [-0.2, -0.15) is 0 Å². The van der Waals surface area contributed by atoms with Crippen LogP contribution in [0.2, 0.25) is 0 Å². The van der Waals surface area contributed by atoms with Crippen LogP contribution in [0.3, 0.4) is 0 Å². The van der Waals surface area contributed by atoms with Crippen LogP contribution >= 0.6 is 0 Å². The number of amides is 2. The number of fused-ring (bicyclic) bond motifs is 1. The predicted molar refractivity (Wildman–Crippen MR) is 118 cm³/mol. The SMILES string of the molecule is CC(C)CC(=O)N1CCc2oc(-c3cccc(NC(=O)C4CCCCC4)c3)cc2C1. The monoisotopic (exact) mass is 408 g/mol. The van der Waals surface area contributed by atoms with Crippen molar-refractivity contribution in [1.29, 1.82) is 0 Å². The van der Waals surface area contributed by atoms with Gasteiger partial charge >= 0.3 is 0 Å². The molecule has 1 aliphatic carbocycles. The van der Waals surface area contributed by atoms with Crippen LogP contribution in [-0.2, 0) is 22.6 Å². The van der Waals surface area contributed by atoms with Crippen LogP contribution in [0.15, 0.2) is 34.7 Å². The lowest BCUT2D eigenvalue weighted by Crippen LogP contribution is -2.35. The summed E-state index contributed by atoms with van der Waals surface area (Å²) in [5, 5.41) is 3.09. The first kappa shape index (κ1) is 20.7. The molecule has 1 fully saturated rings. The molecule has 0 saturated heterocycles. The fourth-order valence-corrected chi connectivity index (χ4v) is 4.53. The molecule has 2 aliphatic rings. The van der Waals surface area contributed by atoms with Crippen LogP contribution in [0.1, 0.15) is 63.7 Å². The number of carbonyl (C=O) groups is 2. The summed E-state index contributed by atoms with van der Waals surface area (Å²) >= 11 is 0. The number of rotatable bonds is 5. The summed E-state index contributed by atoms with van der Waals surface area (Å²) in [5.74, 6) is 2.61. The zero-order chi connectivity index (χ0) is 21.1. The van der Waals surface area contributed by atoms with Gasteiger partial charge in [0.05, 0.1) is 0 Å². The number of benzene rings is 1. The van der Waals surface area contributed by atoms with Gasteiger partial charge in [0, 0.05) is 48.7 Å². The van der Waals surface area contributed by atoms with E-state index in [0.717, 1.165) is 60.4 Å². The Morgan fingerprint density at radius 1 is 1.17 bits per heavy atom. The molecule has 1 aliphatic heterocycles. The van der Waals surface area contributed by atoms with Crippen molar-refractivity contribution in [2.24, 2.45) is 11.8 Å². The van der Waals surface area contributed by atoms with Gasteiger partial charge in [0.15, 0.2) is 0 Å². The maximum absolute atomic E-state index is 12.6. The number of hydrogen-bond donors (Lipinski definition) is 1. The molecule has 5 heteroatoms. The highest BCUT2D eigenvalue weighted by molar-refractivity contribution is 5.93. The van der Waals surface area contributed by atoms with Gasteiger partial charge < -0.3 is 14.6 Å². The van der Waals surface area contributed by atoms with Crippen molar-refractivity contribution >= 4 is 17.5 Å². The minimum atomic E-state index is 0.130. The highest BCUT2D eigenvalue weighted by Crippen LogP contribution is 2.32. The fourth-order valence-electron chi connectivity index (χ4n) is 4.53. The van der Waals surface area contributed by atoms with E-state index in [-0.39, 0.29) is 17.7 Å². The third-order valence-corrected chi connectivity index (χ3v) is 6.19. The average Bonchev–Trinajstić information content (AvgIpc) is 3.17. The number of hydrogen-bond acceptors (Lipinski definition) is 3. The van der Waals surface area contributed by atoms with Crippen molar-refractivity contribution < 1.29 is 14.0 Å². The number of furan rings is 1. The lowest BCUT2D eigenvalue weighted by Gasteiger charge is -2.26. The predicted octanol–water partition coefficient (Wildman–Crippen LogP) is 5.40. The van der Waals surface area contributed by atoms with E-state index < -0.39 is 0 Å². The van der Waals surface area contributed by atoms with Crippen LogP contribution in [-0.4, -0.2) is 23.3 Å². The quantitative estimate of drug-likeness (QED) is 0.721. The molecule has 0 bridgehead atoms. The molecule has 2 aromatic rings. The Labute approximate surface area is 178 Å². The summed E-state index contributed by atoms with van der Waals surface area (Å²) in [5.41, 5.74) is 2.85. The zero-order valence-electron chi connectivity index (χ0n) is 18.1. The van der Waals surface area contributed by atoms with E-state index in [9.17, 15) is 9.59 Å². The van der Waals surface area contributed by atoms with E-state index in [1.54, 1.807) is 0 Å². The third kappa shape index (κ3) is 4.77. The first-order chi connectivity index (χ1) is 14.5. The maximum Gasteiger partial charge on any atom is 0.227 e. The Hall–Kier alpha value is -2.56. The Balaban J connectivity index is 1.45. The Bertz CT molecular complexity index is 909. The number of anilines is 1. The van der Waals surface area contributed by atoms with Crippen molar-refractivity contribution in [3.8, 4) is 11.3 Å². The van der Waals surface area contributed by atoms with Crippen LogP contribution in [0, 0.1) is 11.8 Å². The number of nitrogens with zero attached hydrogens (tertiary/aromatic N) is 1. The molecule has 30 heavy (non-hydrogen) atoms. The molecule has 0 radical (unpaired) electrons. The smallest absolute Gasteiger partial charge is 0.227 e. The molecule has 0 atom stereocenters. The van der Waals surface area contributed by atoms with E-state index in [1.807, 2.05) is 35.2 Å². The zero-order valence-corrected chi connectivity index (χ0v) is 18.1. The normalized spacial score (nSPS) is 17.1. The van der Waals surface area contributed by atoms with E-state index in [4.69, 9.17) is 4.42 Å². The molecule has 2 heterocycles. The molecular formula is C25H32N2O3. The summed E-state index contributed by atoms with van der Waals surface area (Å²) in [6.45, 7) is 5.47. The standard InChI is InChI=1S/C25H32N2O3/c1-17(2)13-24(28)27-12-11-22-20(16-27)15-23(30-22)19-9-6-10-21(14-19)26-25(29)18-7-4-3-5-8-18/h6,9-10,14-15,17-18H,3-5,7-8,11-13,16H2,1-2H3,(H,26,29). The fraction of sp³-hybridized carbons (Fsp3) is 0.520. The second-order valence-electron chi connectivity index (χ2n) is 9.13. The molecule has 0 spiro atoms. The molecule has 2 amide bonds. The minimum absolute atomic E-state index is 0.130. The molecule has 160 valence electrons. The summed E-state index contributed by atoms with van der Waals surface area (Å²) < 4.78 is 6.13. The van der Waals surface area contributed by atoms with Crippen molar-refractivity contribution in [3.05, 3.63) is 41.7 Å². The lowest BCUT2D eigenvalue weighted by atomic mass is 9.88. The molecule has 1 N–H and O–H groups in total. The second-order valence-corrected chi connectivity index (χ2v) is 9.13. The van der Waals surface area contributed by atoms with Crippen LogP contribution < -0.4 is 5.32 Å². The van der Waals surface area contributed by atoms with Crippen molar-refractivity contribution in [2.75, 3.05) is 11.9 Å². The van der Waals surface area contributed by atoms with E-state index in [0.29, 0.717) is 25.4 Å². The molecule has 1 aromatic heterocycles. The van der Waals surface area contributed by atoms with Gasteiger partial charge in [-0.05, 0) is 37.0 Å². The van der Waals surface area contributed by atoms with Gasteiger partial charge in [-0.25, -0.2) is 0 Å². The van der Waals surface area contributed by atoms with Gasteiger partial charge in [-0.1, -0.05) is 45.2 Å². The highest BCUT2D eigenvalue weighted by atomic mass is 16.3. The van der Waals surface area contributed by atoms with E-state index in [2.05, 4.69) is 19.2 Å². The first-order valence-electron chi connectivity index (χ1n) is 11.3. The Kier molecular flexibility index (Phi) is 6.26. The third-order valence-electron chi connectivity index (χ3n) is 6.19. The van der Waals surface area contributed by atoms with Gasteiger partial charge in [0.1, 0.15) is 11.5 Å². The van der Waals surface area contributed by atoms with E-state index in [1.165, 1.54) is 6.42 Å². The maximum atomic E-state index is 12.6. The highest BCUT2D eigenvalue weighted by Gasteiger charge is 2.25. The van der Waals surface area contributed by atoms with Gasteiger partial charge in [0.25, 0.3) is 0 Å². The molecule has 4 rings (SSSR count). The van der Waals surface area contributed by atoms with Gasteiger partial charge in [-0.3, -0.25) is 9.59 Å². The molecule has 1 aromatic carbocycles. The van der Waals surface area contributed by atoms with Crippen LogP contribution in [0.25, 0.3) is 11.3 Å². The topological polar surface area (TPSA) is 62.6 Å². The lowest BCUT2D eigenvalue weighted by molar-refractivity contribution is -0.133. The summed E-state index contributed by atoms with van der Waals surface area (Å²) in [7, 11) is 0. The largest absolute Gasteiger partial charge is 0.461 e. The van der Waals surface area contributed by atoms with Crippen molar-refractivity contribution in [1.82, 2.24) is 4.90 Å². The molecule has 0 unspecified atom stereocenters. The Morgan fingerprint density at radius 2 is 1.97 bits per heavy atom. The van der Waals surface area contributed by atoms with Gasteiger partial charge in [-0.15, -0.1) is 0 Å². The number of carbonyl (C=O) groups excluding carboxylic acids is 2. The van der Waals surface area contributed by atoms with Crippen molar-refractivity contribution in [3.63, 3.8) is 0 Å². The van der Waals surface area contributed by atoms with E-state index >= 15 is 0 Å². The van der Waals surface area contributed by atoms with Crippen LogP contribution in [0.4, 0.5) is 5.69 Å². The minimum Gasteiger partial charge on any atom is -0.461 e. The molecule has 5 nitrogen and oxygen atoms in total. The first-order valence-corrected chi connectivity index (χ1v) is 11.3. The average molecular weight is 409 g/mol.